The number of aryl methyl sites for hydroxylation is 1. The number of fused-ring (bicyclic) bond motifs is 1. The van der Waals surface area contributed by atoms with Crippen LogP contribution in [-0.2, 0) is 0 Å². The highest BCUT2D eigenvalue weighted by Crippen LogP contribution is 2.55. The van der Waals surface area contributed by atoms with Crippen LogP contribution >= 0.6 is 0 Å². The fourth-order valence-corrected chi connectivity index (χ4v) is 3.45. The second kappa shape index (κ2) is 4.49. The van der Waals surface area contributed by atoms with Crippen LogP contribution in [-0.4, -0.2) is 0 Å². The zero-order chi connectivity index (χ0) is 13.5. The van der Waals surface area contributed by atoms with E-state index in [1.165, 1.54) is 33.9 Å². The molecule has 4 rings (SSSR count). The Balaban J connectivity index is 1.73. The molecule has 1 saturated carbocycles. The standard InChI is InChI=1S/C20H18/c1-14-17-10-6-5-9-16(17)11-12-18(14)20-13-19(20)15-7-3-2-4-8-15/h2-12,19-20H,13H2,1H3. The van der Waals surface area contributed by atoms with Crippen LogP contribution < -0.4 is 0 Å². The molecule has 0 aromatic heterocycles. The fourth-order valence-electron chi connectivity index (χ4n) is 3.45. The van der Waals surface area contributed by atoms with Gasteiger partial charge >= 0.3 is 0 Å². The van der Waals surface area contributed by atoms with Crippen LogP contribution in [0.3, 0.4) is 0 Å². The maximum Gasteiger partial charge on any atom is -0.00840 e. The van der Waals surface area contributed by atoms with Gasteiger partial charge in [0.05, 0.1) is 0 Å². The summed E-state index contributed by atoms with van der Waals surface area (Å²) in [6.07, 6.45) is 1.29. The Morgan fingerprint density at radius 2 is 1.50 bits per heavy atom. The molecule has 0 heteroatoms. The zero-order valence-corrected chi connectivity index (χ0v) is 11.7. The SMILES string of the molecule is Cc1c(C2CC2c2ccccc2)ccc2ccccc12. The molecular weight excluding hydrogens is 240 g/mol. The van der Waals surface area contributed by atoms with Gasteiger partial charge in [-0.3, -0.25) is 0 Å². The van der Waals surface area contributed by atoms with E-state index in [1.54, 1.807) is 0 Å². The quantitative estimate of drug-likeness (QED) is 0.575. The Labute approximate surface area is 120 Å². The van der Waals surface area contributed by atoms with E-state index < -0.39 is 0 Å². The van der Waals surface area contributed by atoms with Crippen LogP contribution in [0.15, 0.2) is 66.7 Å². The highest BCUT2D eigenvalue weighted by Gasteiger charge is 2.40. The van der Waals surface area contributed by atoms with Crippen molar-refractivity contribution in [1.82, 2.24) is 0 Å². The van der Waals surface area contributed by atoms with Crippen molar-refractivity contribution in [2.24, 2.45) is 0 Å². The molecular formula is C20H18. The molecule has 98 valence electrons. The van der Waals surface area contributed by atoms with Crippen molar-refractivity contribution in [3.8, 4) is 0 Å². The van der Waals surface area contributed by atoms with E-state index in [-0.39, 0.29) is 0 Å². The number of rotatable bonds is 2. The third-order valence-electron chi connectivity index (χ3n) is 4.66. The van der Waals surface area contributed by atoms with Crippen molar-refractivity contribution in [3.63, 3.8) is 0 Å². The first kappa shape index (κ1) is 11.7. The molecule has 3 aromatic rings. The summed E-state index contributed by atoms with van der Waals surface area (Å²) < 4.78 is 0. The number of hydrogen-bond acceptors (Lipinski definition) is 0. The molecule has 1 fully saturated rings. The van der Waals surface area contributed by atoms with E-state index in [0.717, 1.165) is 5.92 Å². The van der Waals surface area contributed by atoms with Crippen molar-refractivity contribution < 1.29 is 0 Å². The predicted molar refractivity (Wildman–Crippen MR) is 85.2 cm³/mol. The summed E-state index contributed by atoms with van der Waals surface area (Å²) in [6.45, 7) is 2.28. The molecule has 1 aliphatic carbocycles. The summed E-state index contributed by atoms with van der Waals surface area (Å²) in [6, 6.07) is 24.2. The Morgan fingerprint density at radius 3 is 2.35 bits per heavy atom. The Bertz CT molecular complexity index is 755. The lowest BCUT2D eigenvalue weighted by atomic mass is 9.95. The summed E-state index contributed by atoms with van der Waals surface area (Å²) in [4.78, 5) is 0. The average molecular weight is 258 g/mol. The van der Waals surface area contributed by atoms with Crippen LogP contribution in [0.1, 0.15) is 34.9 Å². The minimum absolute atomic E-state index is 0.710. The molecule has 0 saturated heterocycles. The van der Waals surface area contributed by atoms with E-state index in [1.807, 2.05) is 0 Å². The third-order valence-corrected chi connectivity index (χ3v) is 4.66. The first-order valence-corrected chi connectivity index (χ1v) is 7.38. The Hall–Kier alpha value is -2.08. The normalized spacial score (nSPS) is 21.1. The van der Waals surface area contributed by atoms with E-state index in [0.29, 0.717) is 5.92 Å². The Kier molecular flexibility index (Phi) is 2.63. The first-order valence-electron chi connectivity index (χ1n) is 7.38. The summed E-state index contributed by atoms with van der Waals surface area (Å²) >= 11 is 0. The van der Waals surface area contributed by atoms with Crippen molar-refractivity contribution in [2.75, 3.05) is 0 Å². The molecule has 0 spiro atoms. The summed E-state index contributed by atoms with van der Waals surface area (Å²) in [7, 11) is 0. The largest absolute Gasteiger partial charge is 0.0622 e. The number of hydrogen-bond donors (Lipinski definition) is 0. The molecule has 3 aromatic carbocycles. The van der Waals surface area contributed by atoms with Gasteiger partial charge in [-0.05, 0) is 52.6 Å². The molecule has 0 heterocycles. The van der Waals surface area contributed by atoms with Crippen LogP contribution in [0.5, 0.6) is 0 Å². The average Bonchev–Trinajstić information content (AvgIpc) is 3.29. The zero-order valence-electron chi connectivity index (χ0n) is 11.7. The molecule has 0 aliphatic heterocycles. The van der Waals surface area contributed by atoms with Gasteiger partial charge in [0.2, 0.25) is 0 Å². The first-order chi connectivity index (χ1) is 9.84. The van der Waals surface area contributed by atoms with Crippen molar-refractivity contribution in [2.45, 2.75) is 25.2 Å². The van der Waals surface area contributed by atoms with Crippen LogP contribution in [0.4, 0.5) is 0 Å². The van der Waals surface area contributed by atoms with E-state index in [4.69, 9.17) is 0 Å². The van der Waals surface area contributed by atoms with Gasteiger partial charge in [-0.15, -0.1) is 0 Å². The predicted octanol–water partition coefficient (Wildman–Crippen LogP) is 5.42. The minimum atomic E-state index is 0.710. The summed E-state index contributed by atoms with van der Waals surface area (Å²) in [5, 5.41) is 2.76. The van der Waals surface area contributed by atoms with Gasteiger partial charge < -0.3 is 0 Å². The van der Waals surface area contributed by atoms with Crippen molar-refractivity contribution in [1.29, 1.82) is 0 Å². The van der Waals surface area contributed by atoms with Crippen LogP contribution in [0, 0.1) is 6.92 Å². The van der Waals surface area contributed by atoms with E-state index >= 15 is 0 Å². The van der Waals surface area contributed by atoms with Gasteiger partial charge in [0.1, 0.15) is 0 Å². The highest BCUT2D eigenvalue weighted by molar-refractivity contribution is 5.86. The van der Waals surface area contributed by atoms with Gasteiger partial charge in [-0.1, -0.05) is 66.7 Å². The smallest absolute Gasteiger partial charge is 0.00840 e. The van der Waals surface area contributed by atoms with Gasteiger partial charge in [-0.2, -0.15) is 0 Å². The summed E-state index contributed by atoms with van der Waals surface area (Å²) in [5.74, 6) is 1.43. The van der Waals surface area contributed by atoms with E-state index in [2.05, 4.69) is 73.7 Å². The molecule has 0 radical (unpaired) electrons. The minimum Gasteiger partial charge on any atom is -0.0622 e. The van der Waals surface area contributed by atoms with Gasteiger partial charge in [0.15, 0.2) is 0 Å². The van der Waals surface area contributed by atoms with Crippen LogP contribution in [0.25, 0.3) is 10.8 Å². The molecule has 0 amide bonds. The van der Waals surface area contributed by atoms with Crippen molar-refractivity contribution in [3.05, 3.63) is 83.4 Å². The monoisotopic (exact) mass is 258 g/mol. The highest BCUT2D eigenvalue weighted by atomic mass is 14.4. The lowest BCUT2D eigenvalue weighted by molar-refractivity contribution is 1.02. The second-order valence-electron chi connectivity index (χ2n) is 5.86. The molecule has 0 N–H and O–H groups in total. The van der Waals surface area contributed by atoms with Crippen LogP contribution in [0.2, 0.25) is 0 Å². The summed E-state index contributed by atoms with van der Waals surface area (Å²) in [5.41, 5.74) is 4.49. The van der Waals surface area contributed by atoms with Gasteiger partial charge in [0.25, 0.3) is 0 Å². The lowest BCUT2D eigenvalue weighted by Gasteiger charge is -2.09. The topological polar surface area (TPSA) is 0 Å². The maximum absolute atomic E-state index is 2.34. The van der Waals surface area contributed by atoms with Gasteiger partial charge in [-0.25, -0.2) is 0 Å². The lowest BCUT2D eigenvalue weighted by Crippen LogP contribution is -1.90. The maximum atomic E-state index is 2.34. The molecule has 0 bridgehead atoms. The fraction of sp³-hybridized carbons (Fsp3) is 0.200. The second-order valence-corrected chi connectivity index (χ2v) is 5.86. The number of benzene rings is 3. The van der Waals surface area contributed by atoms with E-state index in [9.17, 15) is 0 Å². The molecule has 1 aliphatic rings. The third kappa shape index (κ3) is 1.84. The molecule has 0 nitrogen and oxygen atoms in total. The molecule has 2 unspecified atom stereocenters. The molecule has 20 heavy (non-hydrogen) atoms. The Morgan fingerprint density at radius 1 is 0.750 bits per heavy atom. The molecule has 2 atom stereocenters. The van der Waals surface area contributed by atoms with Crippen molar-refractivity contribution >= 4 is 10.8 Å². The van der Waals surface area contributed by atoms with Gasteiger partial charge in [0, 0.05) is 0 Å².